The standard InChI is InChI=1S/C18H13FN2OS/c19-13-5-7-14(8-6-13)21-17(12-9-10-23-11-12)20-16-4-2-1-3-15(16)18(21)22/h1-11,17,20H/t17-/m1/s1. The lowest BCUT2D eigenvalue weighted by Gasteiger charge is -2.37. The van der Waals surface area contributed by atoms with E-state index in [1.807, 2.05) is 35.0 Å². The third-order valence-corrected chi connectivity index (χ3v) is 4.59. The highest BCUT2D eigenvalue weighted by Crippen LogP contribution is 2.37. The summed E-state index contributed by atoms with van der Waals surface area (Å²) < 4.78 is 13.2. The van der Waals surface area contributed by atoms with Gasteiger partial charge in [0.05, 0.1) is 5.56 Å². The van der Waals surface area contributed by atoms with Gasteiger partial charge in [-0.15, -0.1) is 0 Å². The van der Waals surface area contributed by atoms with Gasteiger partial charge in [-0.1, -0.05) is 12.1 Å². The molecule has 114 valence electrons. The molecule has 3 aromatic rings. The van der Waals surface area contributed by atoms with Crippen LogP contribution in [0.25, 0.3) is 0 Å². The minimum absolute atomic E-state index is 0.0952. The van der Waals surface area contributed by atoms with Crippen LogP contribution in [0.5, 0.6) is 0 Å². The van der Waals surface area contributed by atoms with Crippen LogP contribution in [0.15, 0.2) is 65.4 Å². The summed E-state index contributed by atoms with van der Waals surface area (Å²) in [5.74, 6) is -0.416. The maximum Gasteiger partial charge on any atom is 0.262 e. The molecular formula is C18H13FN2OS. The number of nitrogens with zero attached hydrogens (tertiary/aromatic N) is 1. The number of benzene rings is 2. The third kappa shape index (κ3) is 2.39. The van der Waals surface area contributed by atoms with Crippen LogP contribution in [-0.2, 0) is 0 Å². The minimum atomic E-state index is -0.321. The van der Waals surface area contributed by atoms with Crippen LogP contribution in [0.1, 0.15) is 22.1 Å². The second-order valence-corrected chi connectivity index (χ2v) is 6.08. The molecule has 1 aliphatic heterocycles. The summed E-state index contributed by atoms with van der Waals surface area (Å²) in [4.78, 5) is 14.7. The van der Waals surface area contributed by atoms with Crippen molar-refractivity contribution in [2.75, 3.05) is 10.2 Å². The highest BCUT2D eigenvalue weighted by molar-refractivity contribution is 7.08. The van der Waals surface area contributed by atoms with Gasteiger partial charge in [-0.05, 0) is 53.2 Å². The Morgan fingerprint density at radius 1 is 1.04 bits per heavy atom. The van der Waals surface area contributed by atoms with Gasteiger partial charge in [-0.25, -0.2) is 4.39 Å². The number of halogens is 1. The SMILES string of the molecule is O=C1c2ccccc2N[C@@H](c2ccsc2)N1c1ccc(F)cc1. The molecule has 0 fully saturated rings. The number of thiophene rings is 1. The second-order valence-electron chi connectivity index (χ2n) is 5.30. The molecule has 1 atom stereocenters. The monoisotopic (exact) mass is 324 g/mol. The number of hydrogen-bond donors (Lipinski definition) is 1. The predicted octanol–water partition coefficient (Wildman–Crippen LogP) is 4.66. The number of rotatable bonds is 2. The van der Waals surface area contributed by atoms with Crippen molar-refractivity contribution in [2.45, 2.75) is 6.17 Å². The topological polar surface area (TPSA) is 32.3 Å². The molecule has 0 saturated heterocycles. The molecule has 1 aliphatic rings. The van der Waals surface area contributed by atoms with Crippen molar-refractivity contribution in [3.8, 4) is 0 Å². The first-order valence-corrected chi connectivity index (χ1v) is 8.15. The highest BCUT2D eigenvalue weighted by atomic mass is 32.1. The zero-order valence-corrected chi connectivity index (χ0v) is 12.9. The molecule has 1 N–H and O–H groups in total. The van der Waals surface area contributed by atoms with E-state index in [0.29, 0.717) is 11.3 Å². The number of fused-ring (bicyclic) bond motifs is 1. The molecule has 4 rings (SSSR count). The van der Waals surface area contributed by atoms with Crippen LogP contribution in [0.3, 0.4) is 0 Å². The van der Waals surface area contributed by atoms with E-state index in [0.717, 1.165) is 11.3 Å². The molecular weight excluding hydrogens is 311 g/mol. The van der Waals surface area contributed by atoms with Gasteiger partial charge in [-0.3, -0.25) is 9.69 Å². The van der Waals surface area contributed by atoms with Crippen molar-refractivity contribution in [1.29, 1.82) is 0 Å². The van der Waals surface area contributed by atoms with Crippen LogP contribution in [0, 0.1) is 5.82 Å². The number of carbonyl (C=O) groups is 1. The van der Waals surface area contributed by atoms with Crippen LogP contribution >= 0.6 is 11.3 Å². The van der Waals surface area contributed by atoms with Gasteiger partial charge in [0.1, 0.15) is 12.0 Å². The fourth-order valence-electron chi connectivity index (χ4n) is 2.79. The average Bonchev–Trinajstić information content (AvgIpc) is 3.10. The number of hydrogen-bond acceptors (Lipinski definition) is 3. The van der Waals surface area contributed by atoms with E-state index in [9.17, 15) is 9.18 Å². The molecule has 3 nitrogen and oxygen atoms in total. The summed E-state index contributed by atoms with van der Waals surface area (Å²) >= 11 is 1.58. The largest absolute Gasteiger partial charge is 0.360 e. The molecule has 2 heterocycles. The van der Waals surface area contributed by atoms with Crippen molar-refractivity contribution in [2.24, 2.45) is 0 Å². The number of amides is 1. The van der Waals surface area contributed by atoms with Crippen molar-refractivity contribution in [3.05, 3.63) is 82.3 Å². The van der Waals surface area contributed by atoms with Gasteiger partial charge in [0.2, 0.25) is 0 Å². The highest BCUT2D eigenvalue weighted by Gasteiger charge is 2.34. The van der Waals surface area contributed by atoms with Crippen molar-refractivity contribution >= 4 is 28.6 Å². The molecule has 23 heavy (non-hydrogen) atoms. The first kappa shape index (κ1) is 14.0. The van der Waals surface area contributed by atoms with Gasteiger partial charge in [-0.2, -0.15) is 11.3 Å². The predicted molar refractivity (Wildman–Crippen MR) is 90.3 cm³/mol. The van der Waals surface area contributed by atoms with E-state index in [4.69, 9.17) is 0 Å². The minimum Gasteiger partial charge on any atom is -0.360 e. The normalized spacial score (nSPS) is 16.8. The van der Waals surface area contributed by atoms with Gasteiger partial charge < -0.3 is 5.32 Å². The fraction of sp³-hybridized carbons (Fsp3) is 0.0556. The Labute approximate surface area is 137 Å². The van der Waals surface area contributed by atoms with E-state index in [1.54, 1.807) is 34.4 Å². The molecule has 0 bridgehead atoms. The van der Waals surface area contributed by atoms with E-state index in [-0.39, 0.29) is 17.9 Å². The van der Waals surface area contributed by atoms with E-state index in [2.05, 4.69) is 5.32 Å². The van der Waals surface area contributed by atoms with Gasteiger partial charge in [0, 0.05) is 16.9 Å². The molecule has 0 unspecified atom stereocenters. The van der Waals surface area contributed by atoms with Gasteiger partial charge >= 0.3 is 0 Å². The summed E-state index contributed by atoms with van der Waals surface area (Å²) in [5, 5.41) is 7.40. The zero-order chi connectivity index (χ0) is 15.8. The number of para-hydroxylation sites is 1. The third-order valence-electron chi connectivity index (χ3n) is 3.89. The van der Waals surface area contributed by atoms with Crippen molar-refractivity contribution in [3.63, 3.8) is 0 Å². The Balaban J connectivity index is 1.85. The summed E-state index contributed by atoms with van der Waals surface area (Å²) in [5.41, 5.74) is 3.09. The Kier molecular flexibility index (Phi) is 3.35. The van der Waals surface area contributed by atoms with Gasteiger partial charge in [0.25, 0.3) is 5.91 Å². The molecule has 1 aromatic heterocycles. The van der Waals surface area contributed by atoms with Crippen LogP contribution in [0.4, 0.5) is 15.8 Å². The maximum absolute atomic E-state index is 13.2. The molecule has 0 radical (unpaired) electrons. The Morgan fingerprint density at radius 2 is 1.83 bits per heavy atom. The average molecular weight is 324 g/mol. The Morgan fingerprint density at radius 3 is 2.57 bits per heavy atom. The number of anilines is 2. The quantitative estimate of drug-likeness (QED) is 0.743. The number of nitrogens with one attached hydrogen (secondary N) is 1. The molecule has 0 saturated carbocycles. The second kappa shape index (κ2) is 5.52. The molecule has 1 amide bonds. The molecule has 0 spiro atoms. The van der Waals surface area contributed by atoms with Crippen molar-refractivity contribution < 1.29 is 9.18 Å². The lowest BCUT2D eigenvalue weighted by molar-refractivity contribution is 0.0975. The molecule has 2 aromatic carbocycles. The lowest BCUT2D eigenvalue weighted by Crippen LogP contribution is -2.43. The smallest absolute Gasteiger partial charge is 0.262 e. The van der Waals surface area contributed by atoms with Gasteiger partial charge in [0.15, 0.2) is 0 Å². The lowest BCUT2D eigenvalue weighted by atomic mass is 10.0. The number of carbonyl (C=O) groups excluding carboxylic acids is 1. The molecule has 5 heteroatoms. The van der Waals surface area contributed by atoms with Crippen LogP contribution in [0.2, 0.25) is 0 Å². The van der Waals surface area contributed by atoms with E-state index in [1.165, 1.54) is 12.1 Å². The van der Waals surface area contributed by atoms with Crippen molar-refractivity contribution in [1.82, 2.24) is 0 Å². The Bertz CT molecular complexity index is 846. The summed E-state index contributed by atoms with van der Waals surface area (Å²) in [6.07, 6.45) is -0.311. The van der Waals surface area contributed by atoms with E-state index < -0.39 is 0 Å². The first-order chi connectivity index (χ1) is 11.2. The maximum atomic E-state index is 13.2. The van der Waals surface area contributed by atoms with Crippen LogP contribution < -0.4 is 10.2 Å². The summed E-state index contributed by atoms with van der Waals surface area (Å²) in [6.45, 7) is 0. The van der Waals surface area contributed by atoms with Crippen LogP contribution in [-0.4, -0.2) is 5.91 Å². The zero-order valence-electron chi connectivity index (χ0n) is 12.1. The Hall–Kier alpha value is -2.66. The fourth-order valence-corrected chi connectivity index (χ4v) is 3.46. The first-order valence-electron chi connectivity index (χ1n) is 7.21. The van der Waals surface area contributed by atoms with E-state index >= 15 is 0 Å². The summed E-state index contributed by atoms with van der Waals surface area (Å²) in [6, 6.07) is 15.4. The molecule has 0 aliphatic carbocycles. The summed E-state index contributed by atoms with van der Waals surface area (Å²) in [7, 11) is 0.